The van der Waals surface area contributed by atoms with Crippen LogP contribution in [0.15, 0.2) is 18.2 Å². The Morgan fingerprint density at radius 2 is 2.21 bits per heavy atom. The molecule has 1 heteroatoms. The van der Waals surface area contributed by atoms with Crippen molar-refractivity contribution in [2.45, 2.75) is 39.5 Å². The van der Waals surface area contributed by atoms with Crippen LogP contribution in [0.1, 0.15) is 38.7 Å². The first-order chi connectivity index (χ1) is 6.74. The summed E-state index contributed by atoms with van der Waals surface area (Å²) in [6.07, 6.45) is 4.92. The highest BCUT2D eigenvalue weighted by atomic mass is 35.5. The molecule has 0 nitrogen and oxygen atoms in total. The summed E-state index contributed by atoms with van der Waals surface area (Å²) in [6, 6.07) is 8.84. The molecule has 0 fully saturated rings. The van der Waals surface area contributed by atoms with Gasteiger partial charge in [-0.15, -0.1) is 0 Å². The molecule has 0 aliphatic rings. The van der Waals surface area contributed by atoms with Gasteiger partial charge >= 0.3 is 0 Å². The fourth-order valence-electron chi connectivity index (χ4n) is 1.68. The van der Waals surface area contributed by atoms with Crippen LogP contribution in [0.4, 0.5) is 0 Å². The Bertz CT molecular complexity index is 268. The zero-order chi connectivity index (χ0) is 10.4. The Balaban J connectivity index is 2.41. The summed E-state index contributed by atoms with van der Waals surface area (Å²) in [5, 5.41) is 0.858. The molecular formula is C13H18Cl. The third-order valence-electron chi connectivity index (χ3n) is 2.59. The summed E-state index contributed by atoms with van der Waals surface area (Å²) >= 11 is 6.05. The van der Waals surface area contributed by atoms with Crippen molar-refractivity contribution >= 4 is 11.6 Å². The van der Waals surface area contributed by atoms with Crippen LogP contribution in [0, 0.1) is 12.0 Å². The molecule has 0 N–H and O–H groups in total. The topological polar surface area (TPSA) is 0 Å². The summed E-state index contributed by atoms with van der Waals surface area (Å²) in [5.74, 6) is 0.806. The molecule has 0 spiro atoms. The lowest BCUT2D eigenvalue weighted by atomic mass is 9.97. The zero-order valence-electron chi connectivity index (χ0n) is 9.02. The lowest BCUT2D eigenvalue weighted by Crippen LogP contribution is -1.97. The van der Waals surface area contributed by atoms with Crippen molar-refractivity contribution in [2.24, 2.45) is 5.92 Å². The van der Waals surface area contributed by atoms with E-state index in [0.29, 0.717) is 0 Å². The Morgan fingerprint density at radius 1 is 1.43 bits per heavy atom. The third-order valence-corrected chi connectivity index (χ3v) is 2.94. The molecule has 0 bridgehead atoms. The van der Waals surface area contributed by atoms with Gasteiger partial charge in [-0.1, -0.05) is 50.4 Å². The Kier molecular flexibility index (Phi) is 5.03. The number of hydrogen-bond acceptors (Lipinski definition) is 0. The van der Waals surface area contributed by atoms with Crippen LogP contribution in [0.25, 0.3) is 0 Å². The van der Waals surface area contributed by atoms with Crippen molar-refractivity contribution in [1.82, 2.24) is 0 Å². The lowest BCUT2D eigenvalue weighted by Gasteiger charge is -2.10. The molecule has 1 aromatic carbocycles. The zero-order valence-corrected chi connectivity index (χ0v) is 9.77. The average molecular weight is 210 g/mol. The fourth-order valence-corrected chi connectivity index (χ4v) is 1.90. The van der Waals surface area contributed by atoms with Gasteiger partial charge in [-0.25, -0.2) is 0 Å². The van der Waals surface area contributed by atoms with Crippen molar-refractivity contribution < 1.29 is 0 Å². The van der Waals surface area contributed by atoms with Crippen LogP contribution >= 0.6 is 11.6 Å². The molecule has 0 heterocycles. The first kappa shape index (κ1) is 11.6. The van der Waals surface area contributed by atoms with Crippen molar-refractivity contribution in [3.8, 4) is 0 Å². The van der Waals surface area contributed by atoms with E-state index < -0.39 is 0 Å². The normalized spacial score (nSPS) is 12.8. The van der Waals surface area contributed by atoms with Gasteiger partial charge < -0.3 is 0 Å². The second-order valence-electron chi connectivity index (χ2n) is 3.95. The van der Waals surface area contributed by atoms with Crippen LogP contribution in [0.5, 0.6) is 0 Å². The van der Waals surface area contributed by atoms with Gasteiger partial charge in [0.2, 0.25) is 0 Å². The molecule has 0 aromatic heterocycles. The summed E-state index contributed by atoms with van der Waals surface area (Å²) in [7, 11) is 0. The number of benzene rings is 1. The van der Waals surface area contributed by atoms with E-state index in [1.165, 1.54) is 24.8 Å². The molecule has 0 aliphatic carbocycles. The predicted molar refractivity (Wildman–Crippen MR) is 62.7 cm³/mol. The fraction of sp³-hybridized carbons (Fsp3) is 0.538. The van der Waals surface area contributed by atoms with Crippen LogP contribution in [0.3, 0.4) is 0 Å². The van der Waals surface area contributed by atoms with E-state index in [0.717, 1.165) is 17.4 Å². The molecule has 0 saturated heterocycles. The van der Waals surface area contributed by atoms with E-state index in [1.54, 1.807) is 0 Å². The minimum atomic E-state index is 0.806. The number of hydrogen-bond donors (Lipinski definition) is 0. The maximum Gasteiger partial charge on any atom is 0.0444 e. The van der Waals surface area contributed by atoms with E-state index in [4.69, 9.17) is 11.6 Å². The molecule has 77 valence electrons. The number of halogens is 1. The quantitative estimate of drug-likeness (QED) is 0.670. The van der Waals surface area contributed by atoms with Crippen LogP contribution < -0.4 is 0 Å². The first-order valence-corrected chi connectivity index (χ1v) is 5.76. The smallest absolute Gasteiger partial charge is 0.0444 e. The highest BCUT2D eigenvalue weighted by Gasteiger charge is 2.03. The van der Waals surface area contributed by atoms with Gasteiger partial charge in [0.1, 0.15) is 0 Å². The molecule has 1 aromatic rings. The van der Waals surface area contributed by atoms with Gasteiger partial charge in [0.25, 0.3) is 0 Å². The highest BCUT2D eigenvalue weighted by molar-refractivity contribution is 6.31. The highest BCUT2D eigenvalue weighted by Crippen LogP contribution is 2.19. The molecule has 1 atom stereocenters. The van der Waals surface area contributed by atoms with E-state index in [1.807, 2.05) is 12.1 Å². The van der Waals surface area contributed by atoms with Gasteiger partial charge in [0.15, 0.2) is 0 Å². The third kappa shape index (κ3) is 3.71. The lowest BCUT2D eigenvalue weighted by molar-refractivity contribution is 0.486. The van der Waals surface area contributed by atoms with Gasteiger partial charge in [-0.2, -0.15) is 0 Å². The monoisotopic (exact) mass is 209 g/mol. The summed E-state index contributed by atoms with van der Waals surface area (Å²) < 4.78 is 0. The number of rotatable bonds is 5. The van der Waals surface area contributed by atoms with E-state index in [-0.39, 0.29) is 0 Å². The maximum absolute atomic E-state index is 6.05. The first-order valence-electron chi connectivity index (χ1n) is 5.38. The predicted octanol–water partition coefficient (Wildman–Crippen LogP) is 4.51. The Labute approximate surface area is 92.3 Å². The van der Waals surface area contributed by atoms with Crippen molar-refractivity contribution in [3.05, 3.63) is 34.9 Å². The average Bonchev–Trinajstić information content (AvgIpc) is 2.17. The number of aryl methyl sites for hydroxylation is 1. The summed E-state index contributed by atoms with van der Waals surface area (Å²) in [4.78, 5) is 0. The second-order valence-corrected chi connectivity index (χ2v) is 4.36. The molecule has 14 heavy (non-hydrogen) atoms. The summed E-state index contributed by atoms with van der Waals surface area (Å²) in [5.41, 5.74) is 1.26. The van der Waals surface area contributed by atoms with Gasteiger partial charge in [0.05, 0.1) is 0 Å². The molecule has 1 unspecified atom stereocenters. The minimum absolute atomic E-state index is 0.806. The second kappa shape index (κ2) is 6.08. The maximum atomic E-state index is 6.05. The molecule has 0 aliphatic heterocycles. The Hall–Kier alpha value is -0.490. The molecule has 0 saturated carbocycles. The van der Waals surface area contributed by atoms with E-state index in [9.17, 15) is 0 Å². The molecular weight excluding hydrogens is 192 g/mol. The van der Waals surface area contributed by atoms with Crippen molar-refractivity contribution in [2.75, 3.05) is 0 Å². The van der Waals surface area contributed by atoms with Crippen molar-refractivity contribution in [1.29, 1.82) is 0 Å². The minimum Gasteiger partial charge on any atom is -0.0840 e. The van der Waals surface area contributed by atoms with Crippen molar-refractivity contribution in [3.63, 3.8) is 0 Å². The molecule has 1 rings (SSSR count). The van der Waals surface area contributed by atoms with Crippen LogP contribution in [0.2, 0.25) is 5.02 Å². The van der Waals surface area contributed by atoms with Gasteiger partial charge in [-0.3, -0.25) is 0 Å². The van der Waals surface area contributed by atoms with Crippen LogP contribution in [-0.2, 0) is 6.42 Å². The standard InChI is InChI=1S/C13H18Cl/c1-3-6-11(2)9-10-12-7-4-5-8-13(12)14/h4,7-8,11H,3,6,9-10H2,1-2H3. The molecule has 0 amide bonds. The van der Waals surface area contributed by atoms with E-state index in [2.05, 4.69) is 26.0 Å². The largest absolute Gasteiger partial charge is 0.0840 e. The summed E-state index contributed by atoms with van der Waals surface area (Å²) in [6.45, 7) is 4.55. The van der Waals surface area contributed by atoms with Gasteiger partial charge in [0, 0.05) is 5.02 Å². The van der Waals surface area contributed by atoms with Crippen LogP contribution in [-0.4, -0.2) is 0 Å². The Morgan fingerprint density at radius 3 is 2.86 bits per heavy atom. The molecule has 1 radical (unpaired) electrons. The SMILES string of the molecule is CCCC(C)CCc1cc[c]cc1Cl. The van der Waals surface area contributed by atoms with Gasteiger partial charge in [-0.05, 0) is 36.5 Å². The van der Waals surface area contributed by atoms with E-state index >= 15 is 0 Å².